The van der Waals surface area contributed by atoms with Crippen molar-refractivity contribution < 1.29 is 27.5 Å². The van der Waals surface area contributed by atoms with Crippen LogP contribution in [-0.2, 0) is 28.9 Å². The fraction of sp³-hybridized carbons (Fsp3) is 0.500. The molecule has 0 bridgehead atoms. The summed E-state index contributed by atoms with van der Waals surface area (Å²) in [4.78, 5) is 29.1. The quantitative estimate of drug-likeness (QED) is 0.452. The zero-order valence-electron chi connectivity index (χ0n) is 21.8. The summed E-state index contributed by atoms with van der Waals surface area (Å²) in [7, 11) is 0. The molecule has 2 amide bonds. The Bertz CT molecular complexity index is 1130. The Morgan fingerprint density at radius 2 is 1.92 bits per heavy atom. The second-order valence-corrected chi connectivity index (χ2v) is 10.2. The van der Waals surface area contributed by atoms with Gasteiger partial charge in [0.1, 0.15) is 5.75 Å². The number of carbonyl (C=O) groups is 2. The van der Waals surface area contributed by atoms with E-state index in [1.165, 1.54) is 17.0 Å². The van der Waals surface area contributed by atoms with Crippen LogP contribution in [0, 0.1) is 5.92 Å². The fourth-order valence-corrected chi connectivity index (χ4v) is 4.52. The van der Waals surface area contributed by atoms with E-state index in [1.807, 2.05) is 30.9 Å². The largest absolute Gasteiger partial charge is 0.481 e. The number of rotatable bonds is 11. The van der Waals surface area contributed by atoms with E-state index in [1.54, 1.807) is 12.1 Å². The monoisotopic (exact) mass is 532 g/mol. The average Bonchev–Trinajstić information content (AvgIpc) is 3.70. The van der Waals surface area contributed by atoms with Gasteiger partial charge in [-0.3, -0.25) is 9.59 Å². The van der Waals surface area contributed by atoms with Crippen molar-refractivity contribution in [3.8, 4) is 5.75 Å². The van der Waals surface area contributed by atoms with E-state index in [9.17, 15) is 22.8 Å². The second-order valence-electron chi connectivity index (χ2n) is 10.2. The van der Waals surface area contributed by atoms with Crippen LogP contribution in [0.15, 0.2) is 42.5 Å². The molecule has 0 aromatic heterocycles. The highest BCUT2D eigenvalue weighted by Crippen LogP contribution is 2.35. The van der Waals surface area contributed by atoms with Gasteiger partial charge in [0.2, 0.25) is 5.91 Å². The normalized spacial score (nSPS) is 15.6. The first-order chi connectivity index (χ1) is 18.1. The van der Waals surface area contributed by atoms with E-state index in [0.717, 1.165) is 31.0 Å². The molecule has 0 unspecified atom stereocenters. The van der Waals surface area contributed by atoms with Crippen molar-refractivity contribution in [3.63, 3.8) is 0 Å². The molecule has 206 valence electrons. The third-order valence-electron chi connectivity index (χ3n) is 6.73. The zero-order chi connectivity index (χ0) is 27.3. The minimum absolute atomic E-state index is 0.0454. The Morgan fingerprint density at radius 3 is 2.63 bits per heavy atom. The molecule has 2 aromatic carbocycles. The standard InChI is InChI=1S/C28H35F3N4O3/c1-19(2)32-12-13-34(16-21-6-3-4-8-23(21)28(29,30)31)25(36)14-33-24-9-5-7-22-17-35(15-20-10-11-20)26(37)18-38-27(22)24/h3-9,19-20,32-33H,10-18H2,1-2H3. The maximum atomic E-state index is 13.6. The number of hydrogen-bond acceptors (Lipinski definition) is 5. The van der Waals surface area contributed by atoms with Crippen molar-refractivity contribution >= 4 is 17.5 Å². The zero-order valence-corrected chi connectivity index (χ0v) is 21.8. The van der Waals surface area contributed by atoms with Crippen LogP contribution in [0.25, 0.3) is 0 Å². The summed E-state index contributed by atoms with van der Waals surface area (Å²) in [5.41, 5.74) is 0.729. The number of ether oxygens (including phenoxy) is 1. The number of carbonyl (C=O) groups excluding carboxylic acids is 2. The molecule has 2 N–H and O–H groups in total. The molecule has 1 aliphatic carbocycles. The molecule has 0 spiro atoms. The molecule has 0 saturated heterocycles. The maximum Gasteiger partial charge on any atom is 0.416 e. The van der Waals surface area contributed by atoms with Gasteiger partial charge in [-0.2, -0.15) is 13.2 Å². The summed E-state index contributed by atoms with van der Waals surface area (Å²) in [6.45, 7) is 5.41. The van der Waals surface area contributed by atoms with Crippen LogP contribution in [-0.4, -0.2) is 60.4 Å². The van der Waals surface area contributed by atoms with E-state index in [4.69, 9.17) is 4.74 Å². The summed E-state index contributed by atoms with van der Waals surface area (Å²) in [6.07, 6.45) is -2.24. The van der Waals surface area contributed by atoms with Crippen LogP contribution in [0.1, 0.15) is 43.4 Å². The van der Waals surface area contributed by atoms with Crippen molar-refractivity contribution in [2.45, 2.75) is 52.0 Å². The van der Waals surface area contributed by atoms with Gasteiger partial charge in [-0.1, -0.05) is 44.2 Å². The lowest BCUT2D eigenvalue weighted by Gasteiger charge is -2.26. The summed E-state index contributed by atoms with van der Waals surface area (Å²) in [6, 6.07) is 11.0. The predicted molar refractivity (Wildman–Crippen MR) is 139 cm³/mol. The van der Waals surface area contributed by atoms with Crippen molar-refractivity contribution in [1.82, 2.24) is 15.1 Å². The van der Waals surface area contributed by atoms with Gasteiger partial charge >= 0.3 is 6.18 Å². The van der Waals surface area contributed by atoms with Crippen LogP contribution in [0.4, 0.5) is 18.9 Å². The molecule has 38 heavy (non-hydrogen) atoms. The number of anilines is 1. The van der Waals surface area contributed by atoms with Crippen LogP contribution in [0.5, 0.6) is 5.75 Å². The Labute approximate surface area is 221 Å². The Balaban J connectivity index is 1.47. The number of benzene rings is 2. The first-order valence-electron chi connectivity index (χ1n) is 13.0. The lowest BCUT2D eigenvalue weighted by Crippen LogP contribution is -2.41. The van der Waals surface area contributed by atoms with Crippen LogP contribution in [0.2, 0.25) is 0 Å². The van der Waals surface area contributed by atoms with Gasteiger partial charge in [0.05, 0.1) is 17.8 Å². The molecule has 10 heteroatoms. The first kappa shape index (κ1) is 27.8. The third kappa shape index (κ3) is 7.40. The summed E-state index contributed by atoms with van der Waals surface area (Å²) < 4.78 is 46.6. The maximum absolute atomic E-state index is 13.6. The van der Waals surface area contributed by atoms with E-state index >= 15 is 0 Å². The molecule has 0 radical (unpaired) electrons. The number of fused-ring (bicyclic) bond motifs is 1. The minimum Gasteiger partial charge on any atom is -0.481 e. The van der Waals surface area contributed by atoms with Crippen molar-refractivity contribution in [2.75, 3.05) is 38.1 Å². The fourth-order valence-electron chi connectivity index (χ4n) is 4.52. The smallest absolute Gasteiger partial charge is 0.416 e. The molecule has 7 nitrogen and oxygen atoms in total. The lowest BCUT2D eigenvalue weighted by atomic mass is 10.1. The number of halogens is 3. The summed E-state index contributed by atoms with van der Waals surface area (Å²) in [5.74, 6) is 0.674. The van der Waals surface area contributed by atoms with Gasteiger partial charge in [0.15, 0.2) is 6.61 Å². The van der Waals surface area contributed by atoms with E-state index in [0.29, 0.717) is 30.4 Å². The first-order valence-corrected chi connectivity index (χ1v) is 13.0. The van der Waals surface area contributed by atoms with Gasteiger partial charge in [-0.25, -0.2) is 0 Å². The van der Waals surface area contributed by atoms with E-state index in [2.05, 4.69) is 10.6 Å². The molecular weight excluding hydrogens is 497 g/mol. The average molecular weight is 533 g/mol. The van der Waals surface area contributed by atoms with Crippen LogP contribution in [0.3, 0.4) is 0 Å². The Kier molecular flexibility index (Phi) is 8.81. The molecule has 1 aliphatic heterocycles. The molecule has 2 aliphatic rings. The topological polar surface area (TPSA) is 73.9 Å². The molecule has 4 rings (SSSR count). The van der Waals surface area contributed by atoms with Gasteiger partial charge in [-0.15, -0.1) is 0 Å². The predicted octanol–water partition coefficient (Wildman–Crippen LogP) is 4.28. The third-order valence-corrected chi connectivity index (χ3v) is 6.73. The molecule has 1 fully saturated rings. The van der Waals surface area contributed by atoms with Crippen molar-refractivity contribution in [3.05, 3.63) is 59.2 Å². The SMILES string of the molecule is CC(C)NCCN(Cc1ccccc1C(F)(F)F)C(=O)CNc1cccc2c1OCC(=O)N(CC1CC1)C2. The number of nitrogens with one attached hydrogen (secondary N) is 2. The number of para-hydroxylation sites is 1. The Hall–Kier alpha value is -3.27. The Morgan fingerprint density at radius 1 is 1.16 bits per heavy atom. The van der Waals surface area contributed by atoms with Crippen LogP contribution >= 0.6 is 0 Å². The van der Waals surface area contributed by atoms with Gasteiger partial charge in [0, 0.05) is 44.3 Å². The van der Waals surface area contributed by atoms with E-state index in [-0.39, 0.29) is 49.7 Å². The highest BCUT2D eigenvalue weighted by atomic mass is 19.4. The number of alkyl halides is 3. The minimum atomic E-state index is -4.51. The molecular formula is C28H35F3N4O3. The van der Waals surface area contributed by atoms with Gasteiger partial charge in [0.25, 0.3) is 5.91 Å². The number of amides is 2. The van der Waals surface area contributed by atoms with E-state index < -0.39 is 11.7 Å². The molecule has 0 atom stereocenters. The molecule has 1 saturated carbocycles. The van der Waals surface area contributed by atoms with Gasteiger partial charge in [-0.05, 0) is 36.5 Å². The van der Waals surface area contributed by atoms with Crippen molar-refractivity contribution in [1.29, 1.82) is 0 Å². The second kappa shape index (κ2) is 12.1. The highest BCUT2D eigenvalue weighted by molar-refractivity contribution is 5.82. The number of hydrogen-bond donors (Lipinski definition) is 2. The highest BCUT2D eigenvalue weighted by Gasteiger charge is 2.34. The number of nitrogens with zero attached hydrogens (tertiary/aromatic N) is 2. The van der Waals surface area contributed by atoms with Crippen LogP contribution < -0.4 is 15.4 Å². The lowest BCUT2D eigenvalue weighted by molar-refractivity contribution is -0.139. The summed E-state index contributed by atoms with van der Waals surface area (Å²) in [5, 5.41) is 6.32. The van der Waals surface area contributed by atoms with Crippen molar-refractivity contribution in [2.24, 2.45) is 5.92 Å². The molecule has 1 heterocycles. The summed E-state index contributed by atoms with van der Waals surface area (Å²) >= 11 is 0. The van der Waals surface area contributed by atoms with Gasteiger partial charge < -0.3 is 25.2 Å². The molecule has 2 aromatic rings.